The SMILES string of the molecule is CC(C)[C@H](C(=O)Nc1ccc2[nH]c(=O)c(=O)[nH]c2c1)n1cccc1. The zero-order chi connectivity index (χ0) is 17.3. The Hall–Kier alpha value is -3.09. The van der Waals surface area contributed by atoms with E-state index in [-0.39, 0.29) is 17.9 Å². The first-order chi connectivity index (χ1) is 11.5. The highest BCUT2D eigenvalue weighted by atomic mass is 16.2. The molecule has 1 aromatic carbocycles. The fourth-order valence-corrected chi connectivity index (χ4v) is 2.72. The molecule has 1 atom stereocenters. The summed E-state index contributed by atoms with van der Waals surface area (Å²) >= 11 is 0. The van der Waals surface area contributed by atoms with Crippen molar-refractivity contribution in [1.29, 1.82) is 0 Å². The highest BCUT2D eigenvalue weighted by Gasteiger charge is 2.23. The van der Waals surface area contributed by atoms with Gasteiger partial charge in [-0.15, -0.1) is 0 Å². The number of nitrogens with zero attached hydrogens (tertiary/aromatic N) is 1. The smallest absolute Gasteiger partial charge is 0.314 e. The van der Waals surface area contributed by atoms with Crippen LogP contribution in [0.1, 0.15) is 19.9 Å². The van der Waals surface area contributed by atoms with Gasteiger partial charge in [0.1, 0.15) is 6.04 Å². The molecule has 3 rings (SSSR count). The fourth-order valence-electron chi connectivity index (χ4n) is 2.72. The maximum atomic E-state index is 12.6. The van der Waals surface area contributed by atoms with E-state index in [1.165, 1.54) is 0 Å². The lowest BCUT2D eigenvalue weighted by Gasteiger charge is -2.22. The molecule has 2 heterocycles. The molecule has 0 unspecified atom stereocenters. The molecule has 124 valence electrons. The molecule has 0 saturated carbocycles. The van der Waals surface area contributed by atoms with E-state index in [0.717, 1.165) is 0 Å². The number of rotatable bonds is 4. The minimum absolute atomic E-state index is 0.106. The Morgan fingerprint density at radius 2 is 1.67 bits per heavy atom. The Morgan fingerprint density at radius 3 is 2.29 bits per heavy atom. The van der Waals surface area contributed by atoms with E-state index in [0.29, 0.717) is 16.7 Å². The van der Waals surface area contributed by atoms with Crippen LogP contribution in [-0.2, 0) is 4.79 Å². The average molecular weight is 326 g/mol. The molecule has 0 bridgehead atoms. The third kappa shape index (κ3) is 3.01. The average Bonchev–Trinajstić information content (AvgIpc) is 3.02. The number of anilines is 1. The summed E-state index contributed by atoms with van der Waals surface area (Å²) in [4.78, 5) is 40.4. The topological polar surface area (TPSA) is 99.8 Å². The van der Waals surface area contributed by atoms with Crippen molar-refractivity contribution in [3.8, 4) is 0 Å². The summed E-state index contributed by atoms with van der Waals surface area (Å²) in [5.41, 5.74) is 0.0843. The van der Waals surface area contributed by atoms with Crippen LogP contribution < -0.4 is 16.4 Å². The number of aromatic nitrogens is 3. The largest absolute Gasteiger partial charge is 0.342 e. The number of fused-ring (bicyclic) bond motifs is 1. The van der Waals surface area contributed by atoms with Crippen LogP contribution in [0.4, 0.5) is 5.69 Å². The lowest BCUT2D eigenvalue weighted by Crippen LogP contribution is -2.30. The second-order valence-corrected chi connectivity index (χ2v) is 5.98. The lowest BCUT2D eigenvalue weighted by molar-refractivity contribution is -0.120. The summed E-state index contributed by atoms with van der Waals surface area (Å²) in [5.74, 6) is -0.0404. The van der Waals surface area contributed by atoms with Crippen molar-refractivity contribution in [2.45, 2.75) is 19.9 Å². The Morgan fingerprint density at radius 1 is 1.04 bits per heavy atom. The van der Waals surface area contributed by atoms with E-state index in [2.05, 4.69) is 15.3 Å². The molecule has 0 spiro atoms. The van der Waals surface area contributed by atoms with Crippen LogP contribution in [0.2, 0.25) is 0 Å². The van der Waals surface area contributed by atoms with E-state index in [9.17, 15) is 14.4 Å². The molecule has 3 N–H and O–H groups in total. The third-order valence-electron chi connectivity index (χ3n) is 3.84. The van der Waals surface area contributed by atoms with Gasteiger partial charge in [-0.1, -0.05) is 13.8 Å². The molecule has 24 heavy (non-hydrogen) atoms. The maximum Gasteiger partial charge on any atom is 0.314 e. The first kappa shape index (κ1) is 15.8. The highest BCUT2D eigenvalue weighted by Crippen LogP contribution is 2.21. The number of carbonyl (C=O) groups is 1. The van der Waals surface area contributed by atoms with Gasteiger partial charge in [0.15, 0.2) is 0 Å². The Bertz CT molecular complexity index is 983. The zero-order valence-electron chi connectivity index (χ0n) is 13.4. The first-order valence-corrected chi connectivity index (χ1v) is 7.65. The van der Waals surface area contributed by atoms with Gasteiger partial charge in [-0.3, -0.25) is 14.4 Å². The number of carbonyl (C=O) groups excluding carboxylic acids is 1. The van der Waals surface area contributed by atoms with Crippen molar-refractivity contribution in [2.75, 3.05) is 5.32 Å². The van der Waals surface area contributed by atoms with Crippen molar-refractivity contribution in [3.05, 3.63) is 63.4 Å². The van der Waals surface area contributed by atoms with Gasteiger partial charge in [-0.05, 0) is 36.2 Å². The zero-order valence-corrected chi connectivity index (χ0v) is 13.4. The molecule has 7 nitrogen and oxygen atoms in total. The predicted octanol–water partition coefficient (Wildman–Crippen LogP) is 1.85. The fraction of sp³-hybridized carbons (Fsp3) is 0.235. The van der Waals surface area contributed by atoms with Gasteiger partial charge in [-0.25, -0.2) is 0 Å². The Labute approximate surface area is 137 Å². The van der Waals surface area contributed by atoms with Crippen LogP contribution in [0.25, 0.3) is 11.0 Å². The molecule has 0 aliphatic heterocycles. The van der Waals surface area contributed by atoms with Crippen molar-refractivity contribution < 1.29 is 4.79 Å². The summed E-state index contributed by atoms with van der Waals surface area (Å²) in [5, 5.41) is 2.86. The molecule has 1 amide bonds. The molecule has 3 aromatic rings. The summed E-state index contributed by atoms with van der Waals surface area (Å²) in [7, 11) is 0. The number of benzene rings is 1. The molecular formula is C17H18N4O3. The van der Waals surface area contributed by atoms with Gasteiger partial charge in [0, 0.05) is 18.1 Å². The van der Waals surface area contributed by atoms with Crippen molar-refractivity contribution >= 4 is 22.6 Å². The summed E-state index contributed by atoms with van der Waals surface area (Å²) in [6.45, 7) is 3.96. The number of H-pyrrole nitrogens is 2. The number of amides is 1. The number of aromatic amines is 2. The van der Waals surface area contributed by atoms with Gasteiger partial charge in [0.25, 0.3) is 0 Å². The van der Waals surface area contributed by atoms with Crippen LogP contribution in [0.3, 0.4) is 0 Å². The van der Waals surface area contributed by atoms with E-state index in [1.807, 2.05) is 42.9 Å². The molecule has 0 aliphatic carbocycles. The number of nitrogens with one attached hydrogen (secondary N) is 3. The summed E-state index contributed by atoms with van der Waals surface area (Å²) < 4.78 is 1.86. The van der Waals surface area contributed by atoms with Crippen molar-refractivity contribution in [3.63, 3.8) is 0 Å². The lowest BCUT2D eigenvalue weighted by atomic mass is 10.0. The first-order valence-electron chi connectivity index (χ1n) is 7.65. The van der Waals surface area contributed by atoms with E-state index < -0.39 is 11.1 Å². The maximum absolute atomic E-state index is 12.6. The highest BCUT2D eigenvalue weighted by molar-refractivity contribution is 5.95. The predicted molar refractivity (Wildman–Crippen MR) is 92.1 cm³/mol. The minimum atomic E-state index is -0.724. The third-order valence-corrected chi connectivity index (χ3v) is 3.84. The number of hydrogen-bond acceptors (Lipinski definition) is 3. The van der Waals surface area contributed by atoms with E-state index >= 15 is 0 Å². The molecule has 7 heteroatoms. The van der Waals surface area contributed by atoms with E-state index in [4.69, 9.17) is 0 Å². The van der Waals surface area contributed by atoms with Crippen LogP contribution in [0.5, 0.6) is 0 Å². The molecule has 0 radical (unpaired) electrons. The second kappa shape index (κ2) is 6.19. The van der Waals surface area contributed by atoms with Crippen LogP contribution in [-0.4, -0.2) is 20.4 Å². The molecule has 2 aromatic heterocycles. The molecule has 0 fully saturated rings. The normalized spacial score (nSPS) is 12.5. The molecule has 0 aliphatic rings. The van der Waals surface area contributed by atoms with Gasteiger partial charge in [-0.2, -0.15) is 0 Å². The summed E-state index contributed by atoms with van der Waals surface area (Å²) in [6, 6.07) is 8.35. The van der Waals surface area contributed by atoms with E-state index in [1.54, 1.807) is 18.2 Å². The van der Waals surface area contributed by atoms with Crippen LogP contribution >= 0.6 is 0 Å². The second-order valence-electron chi connectivity index (χ2n) is 5.98. The van der Waals surface area contributed by atoms with Crippen LogP contribution in [0.15, 0.2) is 52.3 Å². The standard InChI is InChI=1S/C17H18N4O3/c1-10(2)14(21-7-3-4-8-21)15(22)18-11-5-6-12-13(9-11)20-17(24)16(23)19-12/h3-10,14H,1-2H3,(H,18,22)(H,19,23)(H,20,24)/t14-/m1/s1. The Balaban J connectivity index is 1.91. The molecule has 0 saturated heterocycles. The quantitative estimate of drug-likeness (QED) is 0.638. The van der Waals surface area contributed by atoms with Crippen molar-refractivity contribution in [2.24, 2.45) is 5.92 Å². The van der Waals surface area contributed by atoms with Gasteiger partial charge >= 0.3 is 11.1 Å². The van der Waals surface area contributed by atoms with Crippen LogP contribution in [0, 0.1) is 5.92 Å². The monoisotopic (exact) mass is 326 g/mol. The minimum Gasteiger partial charge on any atom is -0.342 e. The van der Waals surface area contributed by atoms with Crippen molar-refractivity contribution in [1.82, 2.24) is 14.5 Å². The Kier molecular flexibility index (Phi) is 4.07. The van der Waals surface area contributed by atoms with Gasteiger partial charge in [0.2, 0.25) is 5.91 Å². The van der Waals surface area contributed by atoms with Gasteiger partial charge in [0.05, 0.1) is 11.0 Å². The van der Waals surface area contributed by atoms with Gasteiger partial charge < -0.3 is 19.9 Å². The molecular weight excluding hydrogens is 308 g/mol. The number of hydrogen-bond donors (Lipinski definition) is 3. The summed E-state index contributed by atoms with van der Waals surface area (Å²) in [6.07, 6.45) is 3.71.